The number of esters is 1. The third-order valence-electron chi connectivity index (χ3n) is 5.37. The maximum absolute atomic E-state index is 13.4. The second kappa shape index (κ2) is 9.57. The van der Waals surface area contributed by atoms with Gasteiger partial charge in [-0.25, -0.2) is 4.79 Å². The van der Waals surface area contributed by atoms with Gasteiger partial charge in [-0.05, 0) is 66.9 Å². The number of benzene rings is 3. The highest BCUT2D eigenvalue weighted by Gasteiger charge is 2.20. The van der Waals surface area contributed by atoms with Gasteiger partial charge < -0.3 is 13.9 Å². The summed E-state index contributed by atoms with van der Waals surface area (Å²) in [4.78, 5) is 26.0. The number of fused-ring (bicyclic) bond motifs is 1. The fourth-order valence-electron chi connectivity index (χ4n) is 3.45. The van der Waals surface area contributed by atoms with Crippen molar-refractivity contribution in [3.05, 3.63) is 99.7 Å². The summed E-state index contributed by atoms with van der Waals surface area (Å²) in [5, 5.41) is 0.372. The van der Waals surface area contributed by atoms with Crippen molar-refractivity contribution < 1.29 is 18.7 Å². The first-order valence-corrected chi connectivity index (χ1v) is 10.7. The van der Waals surface area contributed by atoms with Crippen molar-refractivity contribution in [3.8, 4) is 22.8 Å². The van der Waals surface area contributed by atoms with E-state index in [0.717, 1.165) is 23.1 Å². The van der Waals surface area contributed by atoms with Gasteiger partial charge in [0.05, 0.1) is 12.5 Å². The molecule has 0 aliphatic rings. The lowest BCUT2D eigenvalue weighted by molar-refractivity contribution is -0.129. The number of ether oxygens (including phenoxy) is 2. The predicted octanol–water partition coefficient (Wildman–Crippen LogP) is 5.96. The molecule has 0 amide bonds. The first-order valence-electron chi connectivity index (χ1n) is 10.7. The monoisotopic (exact) mass is 440 g/mol. The van der Waals surface area contributed by atoms with Crippen LogP contribution in [0.5, 0.6) is 11.5 Å². The van der Waals surface area contributed by atoms with Gasteiger partial charge in [-0.15, -0.1) is 0 Å². The molecular weight excluding hydrogens is 416 g/mol. The fourth-order valence-corrected chi connectivity index (χ4v) is 3.45. The minimum Gasteiger partial charge on any atom is -0.497 e. The number of hydrogen-bond donors (Lipinski definition) is 0. The van der Waals surface area contributed by atoms with Gasteiger partial charge in [0.1, 0.15) is 11.3 Å². The third-order valence-corrected chi connectivity index (χ3v) is 5.37. The van der Waals surface area contributed by atoms with E-state index in [1.807, 2.05) is 44.2 Å². The lowest BCUT2D eigenvalue weighted by Crippen LogP contribution is -2.14. The van der Waals surface area contributed by atoms with E-state index in [9.17, 15) is 9.59 Å². The van der Waals surface area contributed by atoms with Crippen LogP contribution in [0.25, 0.3) is 28.4 Å². The molecule has 5 heteroatoms. The van der Waals surface area contributed by atoms with E-state index >= 15 is 0 Å². The molecular formula is C28H24O5. The number of methoxy groups -OCH3 is 1. The molecule has 1 heterocycles. The molecule has 0 fully saturated rings. The Bertz CT molecular complexity index is 1380. The summed E-state index contributed by atoms with van der Waals surface area (Å²) in [6.45, 7) is 4.00. The summed E-state index contributed by atoms with van der Waals surface area (Å²) in [6, 6.07) is 20.2. The molecule has 0 saturated heterocycles. The Morgan fingerprint density at radius 1 is 1.00 bits per heavy atom. The van der Waals surface area contributed by atoms with Gasteiger partial charge in [-0.1, -0.05) is 42.8 Å². The van der Waals surface area contributed by atoms with Crippen molar-refractivity contribution in [1.82, 2.24) is 0 Å². The van der Waals surface area contributed by atoms with Crippen molar-refractivity contribution in [2.45, 2.75) is 20.3 Å². The SMILES string of the molecule is CCc1ccc2oc(-c3ccc(OC)cc3)c(OC(=O)/C=C/c3ccc(C)cc3)c(=O)c2c1. The van der Waals surface area contributed by atoms with Crippen molar-refractivity contribution >= 4 is 23.0 Å². The van der Waals surface area contributed by atoms with Crippen LogP contribution in [-0.2, 0) is 11.2 Å². The van der Waals surface area contributed by atoms with Crippen molar-refractivity contribution in [2.75, 3.05) is 7.11 Å². The molecule has 3 aromatic carbocycles. The fraction of sp³-hybridized carbons (Fsp3) is 0.143. The number of carbonyl (C=O) groups excluding carboxylic acids is 1. The van der Waals surface area contributed by atoms with Crippen molar-refractivity contribution in [2.24, 2.45) is 0 Å². The van der Waals surface area contributed by atoms with Crippen LogP contribution in [0.1, 0.15) is 23.6 Å². The molecule has 0 spiro atoms. The Hall–Kier alpha value is -4.12. The van der Waals surface area contributed by atoms with Gasteiger partial charge >= 0.3 is 5.97 Å². The van der Waals surface area contributed by atoms with E-state index < -0.39 is 11.4 Å². The molecule has 166 valence electrons. The highest BCUT2D eigenvalue weighted by molar-refractivity contribution is 5.91. The summed E-state index contributed by atoms with van der Waals surface area (Å²) in [6.07, 6.45) is 3.71. The molecule has 33 heavy (non-hydrogen) atoms. The Kier molecular flexibility index (Phi) is 6.41. The Balaban J connectivity index is 1.77. The summed E-state index contributed by atoms with van der Waals surface area (Å²) >= 11 is 0. The summed E-state index contributed by atoms with van der Waals surface area (Å²) in [5.74, 6) is 0.0497. The molecule has 0 unspecified atom stereocenters. The largest absolute Gasteiger partial charge is 0.497 e. The number of rotatable bonds is 6. The quantitative estimate of drug-likeness (QED) is 0.273. The average Bonchev–Trinajstić information content (AvgIpc) is 2.85. The maximum atomic E-state index is 13.4. The molecule has 0 atom stereocenters. The lowest BCUT2D eigenvalue weighted by Gasteiger charge is -2.11. The minimum absolute atomic E-state index is 0.139. The third kappa shape index (κ3) is 4.88. The number of carbonyl (C=O) groups is 1. The maximum Gasteiger partial charge on any atom is 0.336 e. The lowest BCUT2D eigenvalue weighted by atomic mass is 10.1. The standard InChI is InChI=1S/C28H24O5/c1-4-19-9-15-24-23(17-19)26(30)28(27(32-24)21-11-13-22(31-3)14-12-21)33-25(29)16-10-20-7-5-18(2)6-8-20/h5-17H,4H2,1-3H3/b16-10+. The highest BCUT2D eigenvalue weighted by atomic mass is 16.5. The molecule has 0 bridgehead atoms. The van der Waals surface area contributed by atoms with Crippen LogP contribution in [0.2, 0.25) is 0 Å². The van der Waals surface area contributed by atoms with E-state index in [0.29, 0.717) is 22.3 Å². The molecule has 0 aliphatic heterocycles. The molecule has 1 aromatic heterocycles. The summed E-state index contributed by atoms with van der Waals surface area (Å²) < 4.78 is 16.8. The van der Waals surface area contributed by atoms with Crippen LogP contribution >= 0.6 is 0 Å². The zero-order valence-electron chi connectivity index (χ0n) is 18.8. The van der Waals surface area contributed by atoms with Gasteiger partial charge in [-0.2, -0.15) is 0 Å². The van der Waals surface area contributed by atoms with Gasteiger partial charge in [0.25, 0.3) is 0 Å². The zero-order chi connectivity index (χ0) is 23.4. The first kappa shape index (κ1) is 22.1. The van der Waals surface area contributed by atoms with Crippen molar-refractivity contribution in [3.63, 3.8) is 0 Å². The smallest absolute Gasteiger partial charge is 0.336 e. The predicted molar refractivity (Wildman–Crippen MR) is 130 cm³/mol. The van der Waals surface area contributed by atoms with E-state index in [4.69, 9.17) is 13.9 Å². The Morgan fingerprint density at radius 2 is 1.73 bits per heavy atom. The molecule has 4 aromatic rings. The first-order chi connectivity index (χ1) is 16.0. The van der Waals surface area contributed by atoms with Crippen LogP contribution in [0, 0.1) is 6.92 Å². The minimum atomic E-state index is -0.663. The van der Waals surface area contributed by atoms with Crippen LogP contribution in [0.15, 0.2) is 82.0 Å². The van der Waals surface area contributed by atoms with Crippen LogP contribution in [0.4, 0.5) is 0 Å². The second-order valence-corrected chi connectivity index (χ2v) is 7.67. The van der Waals surface area contributed by atoms with Gasteiger partial charge in [-0.3, -0.25) is 4.79 Å². The van der Waals surface area contributed by atoms with Gasteiger partial charge in [0.2, 0.25) is 11.2 Å². The van der Waals surface area contributed by atoms with E-state index in [-0.39, 0.29) is 11.5 Å². The van der Waals surface area contributed by atoms with Crippen LogP contribution < -0.4 is 14.9 Å². The summed E-state index contributed by atoms with van der Waals surface area (Å²) in [5.41, 5.74) is 3.60. The normalized spacial score (nSPS) is 11.1. The van der Waals surface area contributed by atoms with Crippen LogP contribution in [0.3, 0.4) is 0 Å². The molecule has 0 radical (unpaired) electrons. The van der Waals surface area contributed by atoms with E-state index in [1.165, 1.54) is 6.08 Å². The van der Waals surface area contributed by atoms with Gasteiger partial charge in [0.15, 0.2) is 5.76 Å². The van der Waals surface area contributed by atoms with Gasteiger partial charge in [0, 0.05) is 11.6 Å². The Labute approximate surface area is 191 Å². The average molecular weight is 440 g/mol. The second-order valence-electron chi connectivity index (χ2n) is 7.67. The number of aryl methyl sites for hydroxylation is 2. The van der Waals surface area contributed by atoms with E-state index in [1.54, 1.807) is 49.6 Å². The molecule has 0 saturated carbocycles. The molecule has 5 nitrogen and oxygen atoms in total. The summed E-state index contributed by atoms with van der Waals surface area (Å²) in [7, 11) is 1.57. The molecule has 0 aliphatic carbocycles. The van der Waals surface area contributed by atoms with Crippen LogP contribution in [-0.4, -0.2) is 13.1 Å². The molecule has 0 N–H and O–H groups in total. The molecule has 4 rings (SSSR count). The highest BCUT2D eigenvalue weighted by Crippen LogP contribution is 2.32. The number of hydrogen-bond acceptors (Lipinski definition) is 5. The van der Waals surface area contributed by atoms with E-state index in [2.05, 4.69) is 0 Å². The zero-order valence-corrected chi connectivity index (χ0v) is 18.8. The topological polar surface area (TPSA) is 65.7 Å². The Morgan fingerprint density at radius 3 is 2.39 bits per heavy atom. The van der Waals surface area contributed by atoms with Crippen molar-refractivity contribution in [1.29, 1.82) is 0 Å².